The maximum absolute atomic E-state index is 11.7. The molecule has 0 fully saturated rings. The van der Waals surface area contributed by atoms with Gasteiger partial charge in [0.1, 0.15) is 0 Å². The van der Waals surface area contributed by atoms with Gasteiger partial charge in [-0.15, -0.1) is 12.4 Å². The second-order valence-corrected chi connectivity index (χ2v) is 4.43. The predicted octanol–water partition coefficient (Wildman–Crippen LogP) is 2.06. The number of fused-ring (bicyclic) bond motifs is 1. The number of carbonyl (C=O) groups is 1. The molecule has 0 atom stereocenters. The van der Waals surface area contributed by atoms with Crippen molar-refractivity contribution in [3.63, 3.8) is 0 Å². The van der Waals surface area contributed by atoms with E-state index in [0.29, 0.717) is 11.6 Å². The maximum Gasteiger partial charge on any atom is 0.280 e. The molecule has 4 N–H and O–H groups in total. The quantitative estimate of drug-likeness (QED) is 0.652. The number of rotatable bonds is 2. The number of halogens is 1. The summed E-state index contributed by atoms with van der Waals surface area (Å²) >= 11 is 0. The van der Waals surface area contributed by atoms with E-state index < -0.39 is 5.91 Å². The van der Waals surface area contributed by atoms with Gasteiger partial charge in [-0.05, 0) is 38.1 Å². The number of aromatic nitrogens is 1. The zero-order valence-electron chi connectivity index (χ0n) is 10.8. The maximum atomic E-state index is 11.7. The summed E-state index contributed by atoms with van der Waals surface area (Å²) in [7, 11) is 0. The first kappa shape index (κ1) is 15.0. The van der Waals surface area contributed by atoms with Gasteiger partial charge in [-0.3, -0.25) is 4.79 Å². The molecule has 0 bridgehead atoms. The minimum absolute atomic E-state index is 0. The third kappa shape index (κ3) is 3.06. The fourth-order valence-corrected chi connectivity index (χ4v) is 1.93. The van der Waals surface area contributed by atoms with Gasteiger partial charge < -0.3 is 16.0 Å². The number of hydrogen-bond donors (Lipinski definition) is 2. The molecule has 0 radical (unpaired) electrons. The highest BCUT2D eigenvalue weighted by molar-refractivity contribution is 6.03. The number of aliphatic imine (C=N–C) groups is 1. The average molecular weight is 281 g/mol. The Labute approximate surface area is 117 Å². The van der Waals surface area contributed by atoms with Gasteiger partial charge in [-0.25, -0.2) is 0 Å². The van der Waals surface area contributed by atoms with Crippen LogP contribution >= 0.6 is 12.4 Å². The SMILES string of the molecule is CC(C)n1ccc2cc(C(=O)N=C(N)N)ccc21.Cl. The number of nitrogens with zero attached hydrogens (tertiary/aromatic N) is 2. The number of hydrogen-bond acceptors (Lipinski definition) is 1. The van der Waals surface area contributed by atoms with Crippen LogP contribution in [0.4, 0.5) is 0 Å². The van der Waals surface area contributed by atoms with Crippen LogP contribution < -0.4 is 11.5 Å². The van der Waals surface area contributed by atoms with E-state index in [2.05, 4.69) is 23.4 Å². The lowest BCUT2D eigenvalue weighted by molar-refractivity contribution is 0.100. The number of carbonyl (C=O) groups excluding carboxylic acids is 1. The summed E-state index contributed by atoms with van der Waals surface area (Å²) in [4.78, 5) is 15.2. The molecule has 0 aliphatic carbocycles. The molecule has 1 heterocycles. The predicted molar refractivity (Wildman–Crippen MR) is 79.7 cm³/mol. The van der Waals surface area contributed by atoms with Crippen molar-refractivity contribution < 1.29 is 4.79 Å². The molecule has 2 aromatic rings. The summed E-state index contributed by atoms with van der Waals surface area (Å²) in [6.45, 7) is 4.22. The van der Waals surface area contributed by atoms with E-state index in [1.54, 1.807) is 12.1 Å². The molecule has 2 rings (SSSR count). The number of nitrogens with two attached hydrogens (primary N) is 2. The zero-order valence-corrected chi connectivity index (χ0v) is 11.6. The van der Waals surface area contributed by atoms with E-state index in [1.165, 1.54) is 0 Å². The van der Waals surface area contributed by atoms with E-state index >= 15 is 0 Å². The largest absolute Gasteiger partial charge is 0.370 e. The number of amides is 1. The molecule has 19 heavy (non-hydrogen) atoms. The molecule has 102 valence electrons. The van der Waals surface area contributed by atoms with Crippen LogP contribution in [0, 0.1) is 0 Å². The summed E-state index contributed by atoms with van der Waals surface area (Å²) < 4.78 is 2.14. The van der Waals surface area contributed by atoms with E-state index in [1.807, 2.05) is 18.3 Å². The molecule has 0 saturated carbocycles. The Balaban J connectivity index is 0.00000180. The van der Waals surface area contributed by atoms with Crippen molar-refractivity contribution in [2.45, 2.75) is 19.9 Å². The molecule has 6 heteroatoms. The van der Waals surface area contributed by atoms with Crippen molar-refractivity contribution in [3.8, 4) is 0 Å². The zero-order chi connectivity index (χ0) is 13.3. The Morgan fingerprint density at radius 1 is 1.26 bits per heavy atom. The highest BCUT2D eigenvalue weighted by atomic mass is 35.5. The molecular formula is C13H17ClN4O. The molecule has 5 nitrogen and oxygen atoms in total. The summed E-state index contributed by atoms with van der Waals surface area (Å²) in [6, 6.07) is 7.78. The van der Waals surface area contributed by atoms with Gasteiger partial charge in [0.05, 0.1) is 0 Å². The van der Waals surface area contributed by atoms with Crippen LogP contribution in [0.2, 0.25) is 0 Å². The smallest absolute Gasteiger partial charge is 0.280 e. The van der Waals surface area contributed by atoms with Gasteiger partial charge in [0.25, 0.3) is 5.91 Å². The Bertz CT molecular complexity index is 627. The molecular weight excluding hydrogens is 264 g/mol. The van der Waals surface area contributed by atoms with Gasteiger partial charge in [0.2, 0.25) is 0 Å². The lowest BCUT2D eigenvalue weighted by atomic mass is 10.1. The summed E-state index contributed by atoms with van der Waals surface area (Å²) in [6.07, 6.45) is 2.00. The minimum atomic E-state index is -0.422. The number of guanidine groups is 1. The monoisotopic (exact) mass is 280 g/mol. The van der Waals surface area contributed by atoms with Crippen LogP contribution in [0.1, 0.15) is 30.2 Å². The first-order valence-electron chi connectivity index (χ1n) is 5.73. The van der Waals surface area contributed by atoms with Gasteiger partial charge in [-0.2, -0.15) is 4.99 Å². The van der Waals surface area contributed by atoms with Gasteiger partial charge in [-0.1, -0.05) is 0 Å². The Kier molecular flexibility index (Phi) is 4.56. The summed E-state index contributed by atoms with van der Waals surface area (Å²) in [5.74, 6) is -0.644. The topological polar surface area (TPSA) is 86.4 Å². The molecule has 0 aliphatic heterocycles. The molecule has 1 amide bonds. The summed E-state index contributed by atoms with van der Waals surface area (Å²) in [5, 5.41) is 1.00. The first-order chi connectivity index (χ1) is 8.49. The average Bonchev–Trinajstić information content (AvgIpc) is 2.70. The molecule has 1 aromatic heterocycles. The summed E-state index contributed by atoms with van der Waals surface area (Å²) in [5.41, 5.74) is 12.0. The minimum Gasteiger partial charge on any atom is -0.370 e. The fourth-order valence-electron chi connectivity index (χ4n) is 1.93. The second kappa shape index (κ2) is 5.75. The third-order valence-corrected chi connectivity index (χ3v) is 2.75. The first-order valence-corrected chi connectivity index (χ1v) is 5.73. The Morgan fingerprint density at radius 3 is 2.53 bits per heavy atom. The van der Waals surface area contributed by atoms with Crippen LogP contribution in [-0.2, 0) is 0 Å². The van der Waals surface area contributed by atoms with Crippen molar-refractivity contribution in [1.82, 2.24) is 4.57 Å². The number of benzene rings is 1. The van der Waals surface area contributed by atoms with E-state index in [0.717, 1.165) is 10.9 Å². The van der Waals surface area contributed by atoms with Crippen molar-refractivity contribution in [1.29, 1.82) is 0 Å². The lowest BCUT2D eigenvalue weighted by Gasteiger charge is -2.09. The second-order valence-electron chi connectivity index (χ2n) is 4.43. The van der Waals surface area contributed by atoms with Crippen LogP contribution in [-0.4, -0.2) is 16.4 Å². The van der Waals surface area contributed by atoms with Gasteiger partial charge in [0, 0.05) is 28.7 Å². The Hall–Kier alpha value is -2.01. The standard InChI is InChI=1S/C13H16N4O.ClH/c1-8(2)17-6-5-9-7-10(3-4-11(9)17)12(18)16-13(14)15;/h3-8H,1-2H3,(H4,14,15,16,18);1H. The van der Waals surface area contributed by atoms with Crippen LogP contribution in [0.25, 0.3) is 10.9 Å². The lowest BCUT2D eigenvalue weighted by Crippen LogP contribution is -2.24. The molecule has 0 spiro atoms. The van der Waals surface area contributed by atoms with Gasteiger partial charge in [0.15, 0.2) is 5.96 Å². The normalized spacial score (nSPS) is 10.3. The molecule has 0 saturated heterocycles. The molecule has 0 aliphatic rings. The highest BCUT2D eigenvalue weighted by Crippen LogP contribution is 2.21. The molecule has 1 aromatic carbocycles. The van der Waals surface area contributed by atoms with Crippen molar-refractivity contribution >= 4 is 35.2 Å². The van der Waals surface area contributed by atoms with Crippen LogP contribution in [0.15, 0.2) is 35.5 Å². The van der Waals surface area contributed by atoms with E-state index in [4.69, 9.17) is 11.5 Å². The van der Waals surface area contributed by atoms with Gasteiger partial charge >= 0.3 is 0 Å². The Morgan fingerprint density at radius 2 is 1.95 bits per heavy atom. The fraction of sp³-hybridized carbons (Fsp3) is 0.231. The third-order valence-electron chi connectivity index (χ3n) is 2.75. The highest BCUT2D eigenvalue weighted by Gasteiger charge is 2.08. The van der Waals surface area contributed by atoms with Crippen molar-refractivity contribution in [2.24, 2.45) is 16.5 Å². The molecule has 0 unspecified atom stereocenters. The van der Waals surface area contributed by atoms with Crippen molar-refractivity contribution in [3.05, 3.63) is 36.0 Å². The van der Waals surface area contributed by atoms with Crippen LogP contribution in [0.5, 0.6) is 0 Å². The van der Waals surface area contributed by atoms with Crippen molar-refractivity contribution in [2.75, 3.05) is 0 Å². The van der Waals surface area contributed by atoms with Crippen LogP contribution in [0.3, 0.4) is 0 Å². The van der Waals surface area contributed by atoms with E-state index in [-0.39, 0.29) is 18.4 Å². The van der Waals surface area contributed by atoms with E-state index in [9.17, 15) is 4.79 Å².